The van der Waals surface area contributed by atoms with E-state index in [1.165, 1.54) is 13.4 Å². The Morgan fingerprint density at radius 2 is 2.12 bits per heavy atom. The Morgan fingerprint density at radius 3 is 2.92 bits per heavy atom. The highest BCUT2D eigenvalue weighted by molar-refractivity contribution is 5.57. The molecule has 124 valence electrons. The molecular weight excluding hydrogens is 308 g/mol. The van der Waals surface area contributed by atoms with Crippen LogP contribution in [0.4, 0.5) is 5.95 Å². The van der Waals surface area contributed by atoms with Crippen molar-refractivity contribution < 1.29 is 9.57 Å². The Labute approximate surface area is 139 Å². The van der Waals surface area contributed by atoms with Gasteiger partial charge < -0.3 is 4.74 Å². The van der Waals surface area contributed by atoms with Gasteiger partial charge in [0.25, 0.3) is 11.7 Å². The van der Waals surface area contributed by atoms with E-state index in [0.29, 0.717) is 5.78 Å². The molecule has 0 saturated heterocycles. The fourth-order valence-electron chi connectivity index (χ4n) is 2.24. The number of nitrogens with zero attached hydrogens (tertiary/aromatic N) is 5. The van der Waals surface area contributed by atoms with Crippen molar-refractivity contribution in [1.82, 2.24) is 25.1 Å². The number of aliphatic imine (C=N–C) groups is 1. The summed E-state index contributed by atoms with van der Waals surface area (Å²) in [5.41, 5.74) is 4.40. The maximum absolute atomic E-state index is 6.06. The van der Waals surface area contributed by atoms with Crippen LogP contribution in [0.15, 0.2) is 41.5 Å². The number of aryl methyl sites for hydroxylation is 1. The van der Waals surface area contributed by atoms with Gasteiger partial charge in [-0.25, -0.2) is 4.98 Å². The molecule has 0 aliphatic carbocycles. The van der Waals surface area contributed by atoms with Crippen molar-refractivity contribution >= 4 is 18.1 Å². The molecule has 0 aliphatic rings. The Bertz CT molecular complexity index is 861. The quantitative estimate of drug-likeness (QED) is 0.425. The maximum atomic E-state index is 6.06. The zero-order valence-electron chi connectivity index (χ0n) is 13.7. The Morgan fingerprint density at radius 1 is 1.29 bits per heavy atom. The van der Waals surface area contributed by atoms with Crippen molar-refractivity contribution in [3.8, 4) is 5.75 Å². The van der Waals surface area contributed by atoms with E-state index in [4.69, 9.17) is 4.74 Å². The number of nitrogens with one attached hydrogen (secondary N) is 1. The van der Waals surface area contributed by atoms with E-state index in [9.17, 15) is 0 Å². The first-order valence-corrected chi connectivity index (χ1v) is 7.44. The van der Waals surface area contributed by atoms with Gasteiger partial charge >= 0.3 is 0 Å². The number of para-hydroxylation sites is 1. The number of aromatic nitrogens is 4. The number of hydrogen-bond acceptors (Lipinski definition) is 6. The van der Waals surface area contributed by atoms with Crippen molar-refractivity contribution in [2.45, 2.75) is 20.0 Å². The predicted octanol–water partition coefficient (Wildman–Crippen LogP) is 2.38. The summed E-state index contributed by atoms with van der Waals surface area (Å²) >= 11 is 0. The van der Waals surface area contributed by atoms with E-state index in [1.54, 1.807) is 10.7 Å². The van der Waals surface area contributed by atoms with Gasteiger partial charge in [-0.3, -0.25) is 10.3 Å². The zero-order chi connectivity index (χ0) is 16.9. The fraction of sp³-hybridized carbons (Fsp3) is 0.250. The van der Waals surface area contributed by atoms with Gasteiger partial charge in [0.2, 0.25) is 0 Å². The summed E-state index contributed by atoms with van der Waals surface area (Å²) in [5, 5.41) is 4.34. The molecule has 0 radical (unpaired) electrons. The van der Waals surface area contributed by atoms with Gasteiger partial charge in [-0.15, -0.1) is 5.10 Å². The molecule has 2 heterocycles. The highest BCUT2D eigenvalue weighted by Crippen LogP contribution is 2.24. The van der Waals surface area contributed by atoms with Crippen LogP contribution in [-0.2, 0) is 4.84 Å². The SMILES string of the molecule is CONC=Nc1nc2nccc(C(C)Oc3ccccc3C)n2n1. The molecular formula is C16H18N6O2. The molecule has 2 aromatic heterocycles. The van der Waals surface area contributed by atoms with E-state index >= 15 is 0 Å². The largest absolute Gasteiger partial charge is 0.484 e. The molecule has 8 heteroatoms. The summed E-state index contributed by atoms with van der Waals surface area (Å²) in [6, 6.07) is 9.73. The van der Waals surface area contributed by atoms with Crippen molar-refractivity contribution in [2.24, 2.45) is 4.99 Å². The molecule has 0 saturated carbocycles. The lowest BCUT2D eigenvalue weighted by atomic mass is 10.2. The molecule has 0 aliphatic heterocycles. The molecule has 0 amide bonds. The minimum atomic E-state index is -0.229. The van der Waals surface area contributed by atoms with Crippen LogP contribution in [-0.4, -0.2) is 33.0 Å². The minimum Gasteiger partial charge on any atom is -0.484 e. The molecule has 8 nitrogen and oxygen atoms in total. The van der Waals surface area contributed by atoms with Crippen LogP contribution in [0, 0.1) is 6.92 Å². The molecule has 1 unspecified atom stereocenters. The van der Waals surface area contributed by atoms with Crippen LogP contribution in [0.2, 0.25) is 0 Å². The zero-order valence-corrected chi connectivity index (χ0v) is 13.7. The summed E-state index contributed by atoms with van der Waals surface area (Å²) in [5.74, 6) is 1.57. The normalized spacial score (nSPS) is 12.6. The van der Waals surface area contributed by atoms with E-state index in [1.807, 2.05) is 44.2 Å². The van der Waals surface area contributed by atoms with Gasteiger partial charge in [0, 0.05) is 6.20 Å². The molecule has 0 fully saturated rings. The Kier molecular flexibility index (Phi) is 4.66. The van der Waals surface area contributed by atoms with Crippen molar-refractivity contribution in [3.05, 3.63) is 47.8 Å². The number of fused-ring (bicyclic) bond motifs is 1. The van der Waals surface area contributed by atoms with Gasteiger partial charge in [0.1, 0.15) is 18.2 Å². The second-order valence-corrected chi connectivity index (χ2v) is 5.10. The van der Waals surface area contributed by atoms with E-state index < -0.39 is 0 Å². The minimum absolute atomic E-state index is 0.229. The average Bonchev–Trinajstić information content (AvgIpc) is 3.00. The Balaban J connectivity index is 1.89. The van der Waals surface area contributed by atoms with Crippen LogP contribution in [0.5, 0.6) is 5.75 Å². The third-order valence-corrected chi connectivity index (χ3v) is 3.42. The van der Waals surface area contributed by atoms with Gasteiger partial charge in [-0.05, 0) is 31.5 Å². The summed E-state index contributed by atoms with van der Waals surface area (Å²) in [4.78, 5) is 17.2. The molecule has 0 spiro atoms. The van der Waals surface area contributed by atoms with Crippen molar-refractivity contribution in [3.63, 3.8) is 0 Å². The molecule has 0 bridgehead atoms. The van der Waals surface area contributed by atoms with Crippen LogP contribution >= 0.6 is 0 Å². The standard InChI is InChI=1S/C16H18N6O2/c1-11-6-4-5-7-14(11)24-12(2)13-8-9-17-16-20-15(21-22(13)16)18-10-19-23-3/h4-10,12H,1-3H3,(H,18,19,21). The predicted molar refractivity (Wildman–Crippen MR) is 89.3 cm³/mol. The summed E-state index contributed by atoms with van der Waals surface area (Å²) in [6.07, 6.45) is 2.81. The summed E-state index contributed by atoms with van der Waals surface area (Å²) in [6.45, 7) is 3.97. The second kappa shape index (κ2) is 7.05. The lowest BCUT2D eigenvalue weighted by Crippen LogP contribution is -2.10. The monoisotopic (exact) mass is 326 g/mol. The molecule has 1 N–H and O–H groups in total. The van der Waals surface area contributed by atoms with Crippen LogP contribution in [0.3, 0.4) is 0 Å². The van der Waals surface area contributed by atoms with E-state index in [-0.39, 0.29) is 12.1 Å². The topological polar surface area (TPSA) is 85.9 Å². The molecule has 1 atom stereocenters. The third-order valence-electron chi connectivity index (χ3n) is 3.42. The molecule has 3 rings (SSSR count). The third kappa shape index (κ3) is 3.33. The number of hydrogen-bond donors (Lipinski definition) is 1. The summed E-state index contributed by atoms with van der Waals surface area (Å²) in [7, 11) is 1.49. The van der Waals surface area contributed by atoms with Gasteiger partial charge in [0.15, 0.2) is 0 Å². The number of benzene rings is 1. The smallest absolute Gasteiger partial charge is 0.272 e. The number of hydroxylamine groups is 1. The van der Waals surface area contributed by atoms with Gasteiger partial charge in [-0.1, -0.05) is 18.2 Å². The fourth-order valence-corrected chi connectivity index (χ4v) is 2.24. The van der Waals surface area contributed by atoms with Gasteiger partial charge in [-0.2, -0.15) is 14.5 Å². The summed E-state index contributed by atoms with van der Waals surface area (Å²) < 4.78 is 7.69. The first-order valence-electron chi connectivity index (χ1n) is 7.44. The highest BCUT2D eigenvalue weighted by Gasteiger charge is 2.15. The maximum Gasteiger partial charge on any atom is 0.272 e. The first-order chi connectivity index (χ1) is 11.7. The molecule has 3 aromatic rings. The Hall–Kier alpha value is -3.00. The lowest BCUT2D eigenvalue weighted by molar-refractivity contribution is 0.148. The first kappa shape index (κ1) is 15.9. The van der Waals surface area contributed by atoms with Crippen LogP contribution in [0.1, 0.15) is 24.3 Å². The van der Waals surface area contributed by atoms with E-state index in [0.717, 1.165) is 17.0 Å². The average molecular weight is 326 g/mol. The molecule has 24 heavy (non-hydrogen) atoms. The van der Waals surface area contributed by atoms with Crippen molar-refractivity contribution in [2.75, 3.05) is 7.11 Å². The highest BCUT2D eigenvalue weighted by atomic mass is 16.6. The van der Waals surface area contributed by atoms with Crippen LogP contribution < -0.4 is 10.2 Å². The van der Waals surface area contributed by atoms with Gasteiger partial charge in [0.05, 0.1) is 12.8 Å². The number of rotatable bonds is 6. The number of ether oxygens (including phenoxy) is 1. The second-order valence-electron chi connectivity index (χ2n) is 5.10. The lowest BCUT2D eigenvalue weighted by Gasteiger charge is -2.16. The van der Waals surface area contributed by atoms with Crippen LogP contribution in [0.25, 0.3) is 5.78 Å². The van der Waals surface area contributed by atoms with Crippen molar-refractivity contribution in [1.29, 1.82) is 0 Å². The molecule has 1 aromatic carbocycles. The van der Waals surface area contributed by atoms with E-state index in [2.05, 4.69) is 30.4 Å².